The third kappa shape index (κ3) is 2.80. The van der Waals surface area contributed by atoms with Crippen LogP contribution in [0.1, 0.15) is 19.4 Å². The minimum atomic E-state index is -0.181. The first kappa shape index (κ1) is 12.4. The monoisotopic (exact) mass is 296 g/mol. The second-order valence-electron chi connectivity index (χ2n) is 5.24. The average Bonchev–Trinajstić information content (AvgIpc) is 2.13. The van der Waals surface area contributed by atoms with Gasteiger partial charge in [0.1, 0.15) is 0 Å². The van der Waals surface area contributed by atoms with E-state index in [0.29, 0.717) is 6.54 Å². The molecule has 0 spiro atoms. The van der Waals surface area contributed by atoms with Crippen molar-refractivity contribution in [3.05, 3.63) is 28.2 Å². The van der Waals surface area contributed by atoms with Crippen LogP contribution in [0.2, 0.25) is 0 Å². The average molecular weight is 297 g/mol. The predicted octanol–water partition coefficient (Wildman–Crippen LogP) is 2.47. The van der Waals surface area contributed by atoms with Crippen molar-refractivity contribution in [1.82, 2.24) is 5.32 Å². The molecule has 1 aliphatic heterocycles. The van der Waals surface area contributed by atoms with Crippen LogP contribution in [0, 0.1) is 6.92 Å². The number of hydrogen-bond acceptors (Lipinski definition) is 2. The normalized spacial score (nSPS) is 19.1. The number of benzene rings is 1. The molecule has 1 N–H and O–H groups in total. The van der Waals surface area contributed by atoms with Gasteiger partial charge in [0.05, 0.1) is 17.8 Å². The molecule has 0 saturated carbocycles. The van der Waals surface area contributed by atoms with Gasteiger partial charge in [0.25, 0.3) is 0 Å². The molecule has 92 valence electrons. The summed E-state index contributed by atoms with van der Waals surface area (Å²) >= 11 is 3.57. The number of aryl methyl sites for hydroxylation is 1. The van der Waals surface area contributed by atoms with Crippen LogP contribution in [-0.4, -0.2) is 24.5 Å². The first-order valence-corrected chi connectivity index (χ1v) is 6.49. The Bertz CT molecular complexity index is 457. The number of piperazine rings is 1. The van der Waals surface area contributed by atoms with Crippen LogP contribution in [0.4, 0.5) is 5.69 Å². The van der Waals surface area contributed by atoms with E-state index in [0.717, 1.165) is 16.7 Å². The molecule has 0 unspecified atom stereocenters. The zero-order chi connectivity index (χ0) is 12.6. The van der Waals surface area contributed by atoms with Gasteiger partial charge in [0, 0.05) is 11.0 Å². The van der Waals surface area contributed by atoms with Crippen LogP contribution < -0.4 is 10.2 Å². The smallest absolute Gasteiger partial charge is 0.239 e. The Morgan fingerprint density at radius 2 is 2.12 bits per heavy atom. The quantitative estimate of drug-likeness (QED) is 0.863. The van der Waals surface area contributed by atoms with Crippen molar-refractivity contribution in [3.63, 3.8) is 0 Å². The Morgan fingerprint density at radius 3 is 2.71 bits per heavy atom. The number of amides is 1. The van der Waals surface area contributed by atoms with E-state index in [9.17, 15) is 4.79 Å². The van der Waals surface area contributed by atoms with Gasteiger partial charge in [0.2, 0.25) is 5.91 Å². The zero-order valence-electron chi connectivity index (χ0n) is 10.4. The molecule has 0 bridgehead atoms. The molecule has 0 atom stereocenters. The lowest BCUT2D eigenvalue weighted by Crippen LogP contribution is -2.60. The molecule has 1 aromatic carbocycles. The Balaban J connectivity index is 2.30. The van der Waals surface area contributed by atoms with Gasteiger partial charge in [-0.1, -0.05) is 6.07 Å². The highest BCUT2D eigenvalue weighted by Crippen LogP contribution is 2.29. The summed E-state index contributed by atoms with van der Waals surface area (Å²) < 4.78 is 1.04. The first-order chi connectivity index (χ1) is 7.87. The highest BCUT2D eigenvalue weighted by Gasteiger charge is 2.31. The molecule has 17 heavy (non-hydrogen) atoms. The fourth-order valence-electron chi connectivity index (χ4n) is 2.20. The van der Waals surface area contributed by atoms with Gasteiger partial charge >= 0.3 is 0 Å². The largest absolute Gasteiger partial charge is 0.359 e. The van der Waals surface area contributed by atoms with E-state index in [1.165, 1.54) is 5.56 Å². The van der Waals surface area contributed by atoms with Gasteiger partial charge in [-0.05, 0) is 54.4 Å². The standard InChI is InChI=1S/C13H17BrN2O/c1-9-4-5-11(10(14)6-9)16-7-12(17)15-13(2,3)8-16/h4-6H,7-8H2,1-3H3,(H,15,17). The Labute approximate surface area is 110 Å². The molecule has 3 nitrogen and oxygen atoms in total. The van der Waals surface area contributed by atoms with Crippen LogP contribution in [0.5, 0.6) is 0 Å². The summed E-state index contributed by atoms with van der Waals surface area (Å²) in [5.74, 6) is 0.0775. The van der Waals surface area contributed by atoms with E-state index in [4.69, 9.17) is 0 Å². The molecule has 2 rings (SSSR count). The molecule has 0 radical (unpaired) electrons. The third-order valence-electron chi connectivity index (χ3n) is 2.84. The molecule has 1 aromatic rings. The van der Waals surface area contributed by atoms with Gasteiger partial charge in [0.15, 0.2) is 0 Å². The minimum Gasteiger partial charge on any atom is -0.359 e. The summed E-state index contributed by atoms with van der Waals surface area (Å²) in [6.45, 7) is 7.38. The van der Waals surface area contributed by atoms with E-state index in [-0.39, 0.29) is 11.4 Å². The molecule has 4 heteroatoms. The van der Waals surface area contributed by atoms with E-state index < -0.39 is 0 Å². The summed E-state index contributed by atoms with van der Waals surface area (Å²) in [6.07, 6.45) is 0. The van der Waals surface area contributed by atoms with E-state index in [1.54, 1.807) is 0 Å². The topological polar surface area (TPSA) is 32.3 Å². The second kappa shape index (κ2) is 4.33. The van der Waals surface area contributed by atoms with Crippen molar-refractivity contribution in [2.45, 2.75) is 26.3 Å². The first-order valence-electron chi connectivity index (χ1n) is 5.69. The molecule has 1 heterocycles. The Hall–Kier alpha value is -1.03. The summed E-state index contributed by atoms with van der Waals surface area (Å²) in [4.78, 5) is 13.8. The van der Waals surface area contributed by atoms with E-state index >= 15 is 0 Å². The lowest BCUT2D eigenvalue weighted by atomic mass is 10.0. The molecule has 0 aliphatic carbocycles. The SMILES string of the molecule is Cc1ccc(N2CC(=O)NC(C)(C)C2)c(Br)c1. The number of carbonyl (C=O) groups is 1. The minimum absolute atomic E-state index is 0.0775. The summed E-state index contributed by atoms with van der Waals surface area (Å²) in [5, 5.41) is 2.99. The zero-order valence-corrected chi connectivity index (χ0v) is 12.0. The fourth-order valence-corrected chi connectivity index (χ4v) is 2.95. The number of anilines is 1. The number of carbonyl (C=O) groups excluding carboxylic acids is 1. The molecule has 1 saturated heterocycles. The van der Waals surface area contributed by atoms with Gasteiger partial charge < -0.3 is 10.2 Å². The summed E-state index contributed by atoms with van der Waals surface area (Å²) in [6, 6.07) is 6.21. The van der Waals surface area contributed by atoms with E-state index in [1.807, 2.05) is 13.8 Å². The maximum absolute atomic E-state index is 11.7. The van der Waals surface area contributed by atoms with Crippen molar-refractivity contribution < 1.29 is 4.79 Å². The number of hydrogen-bond donors (Lipinski definition) is 1. The molecule has 1 fully saturated rings. The van der Waals surface area contributed by atoms with Crippen molar-refractivity contribution in [3.8, 4) is 0 Å². The van der Waals surface area contributed by atoms with Crippen LogP contribution in [0.15, 0.2) is 22.7 Å². The van der Waals surface area contributed by atoms with Crippen LogP contribution in [0.25, 0.3) is 0 Å². The van der Waals surface area contributed by atoms with Gasteiger partial charge in [-0.3, -0.25) is 4.79 Å². The van der Waals surface area contributed by atoms with Crippen molar-refractivity contribution in [2.75, 3.05) is 18.0 Å². The molecule has 0 aromatic heterocycles. The lowest BCUT2D eigenvalue weighted by Gasteiger charge is -2.40. The Morgan fingerprint density at radius 1 is 1.41 bits per heavy atom. The number of halogens is 1. The van der Waals surface area contributed by atoms with Gasteiger partial charge in [-0.2, -0.15) is 0 Å². The molecular formula is C13H17BrN2O. The van der Waals surface area contributed by atoms with Crippen LogP contribution in [0.3, 0.4) is 0 Å². The Kier molecular flexibility index (Phi) is 3.17. The number of nitrogens with zero attached hydrogens (tertiary/aromatic N) is 1. The lowest BCUT2D eigenvalue weighted by molar-refractivity contribution is -0.122. The fraction of sp³-hybridized carbons (Fsp3) is 0.462. The third-order valence-corrected chi connectivity index (χ3v) is 3.48. The highest BCUT2D eigenvalue weighted by molar-refractivity contribution is 9.10. The van der Waals surface area contributed by atoms with Crippen molar-refractivity contribution >= 4 is 27.5 Å². The van der Waals surface area contributed by atoms with Crippen LogP contribution in [-0.2, 0) is 4.79 Å². The summed E-state index contributed by atoms with van der Waals surface area (Å²) in [7, 11) is 0. The predicted molar refractivity (Wildman–Crippen MR) is 73.3 cm³/mol. The van der Waals surface area contributed by atoms with E-state index in [2.05, 4.69) is 51.3 Å². The number of nitrogens with one attached hydrogen (secondary N) is 1. The molecule has 1 amide bonds. The summed E-state index contributed by atoms with van der Waals surface area (Å²) in [5.41, 5.74) is 2.11. The highest BCUT2D eigenvalue weighted by atomic mass is 79.9. The van der Waals surface area contributed by atoms with Gasteiger partial charge in [-0.15, -0.1) is 0 Å². The van der Waals surface area contributed by atoms with Crippen molar-refractivity contribution in [2.24, 2.45) is 0 Å². The maximum Gasteiger partial charge on any atom is 0.239 e. The van der Waals surface area contributed by atoms with Gasteiger partial charge in [-0.25, -0.2) is 0 Å². The molecular weight excluding hydrogens is 280 g/mol. The second-order valence-corrected chi connectivity index (χ2v) is 6.10. The van der Waals surface area contributed by atoms with Crippen LogP contribution >= 0.6 is 15.9 Å². The maximum atomic E-state index is 11.7. The molecule has 1 aliphatic rings. The van der Waals surface area contributed by atoms with Crippen molar-refractivity contribution in [1.29, 1.82) is 0 Å². The number of rotatable bonds is 1.